The Morgan fingerprint density at radius 2 is 1.20 bits per heavy atom. The molecule has 5 aromatic carbocycles. The lowest BCUT2D eigenvalue weighted by atomic mass is 9.78. The number of methoxy groups -OCH3 is 1. The van der Waals surface area contributed by atoms with Crippen LogP contribution in [0.4, 0.5) is 15.3 Å². The molecule has 5 aromatic rings. The van der Waals surface area contributed by atoms with Gasteiger partial charge in [-0.2, -0.15) is 9.59 Å². The van der Waals surface area contributed by atoms with E-state index in [-0.39, 0.29) is 65.4 Å². The van der Waals surface area contributed by atoms with Crippen molar-refractivity contribution in [2.75, 3.05) is 125 Å². The highest BCUT2D eigenvalue weighted by Gasteiger charge is 2.54. The number of allylic oxidation sites excluding steroid dienone is 1. The minimum absolute atomic E-state index is 0.0130. The van der Waals surface area contributed by atoms with Crippen LogP contribution < -0.4 is 20.9 Å². The molecular formula is C50H61N5O11+4. The number of Topliss-reactive ketones (excluding diaryl/α,β-unsaturated/α-hetero) is 1. The summed E-state index contributed by atoms with van der Waals surface area (Å²) in [5, 5.41) is 40.1. The van der Waals surface area contributed by atoms with Crippen LogP contribution in [0.3, 0.4) is 0 Å². The predicted octanol–water partition coefficient (Wildman–Crippen LogP) is 3.88. The monoisotopic (exact) mass is 907 g/mol. The van der Waals surface area contributed by atoms with Gasteiger partial charge in [-0.05, 0) is 82.6 Å². The van der Waals surface area contributed by atoms with Crippen LogP contribution in [0.1, 0.15) is 54.0 Å². The van der Waals surface area contributed by atoms with E-state index < -0.39 is 35.7 Å². The second kappa shape index (κ2) is 15.8. The van der Waals surface area contributed by atoms with Gasteiger partial charge in [0.25, 0.3) is 0 Å². The number of aliphatic hydroxyl groups excluding tert-OH is 2. The topological polar surface area (TPSA) is 186 Å². The molecule has 1 unspecified atom stereocenters. The zero-order valence-electron chi connectivity index (χ0n) is 38.6. The minimum atomic E-state index is -0.954. The number of phenolic OH excluding ortho intramolecular Hbond substituents is 1. The number of aliphatic hydroxyl groups is 2. The maximum Gasteiger partial charge on any atom is 0.516 e. The third-order valence-electron chi connectivity index (χ3n) is 16.5. The number of aromatic hydroxyl groups is 1. The van der Waals surface area contributed by atoms with Crippen molar-refractivity contribution in [3.05, 3.63) is 66.0 Å². The summed E-state index contributed by atoms with van der Waals surface area (Å²) in [5.41, 5.74) is 2.23. The zero-order chi connectivity index (χ0) is 46.7. The SMILES string of the molecule is COc1c(O)c2c(=O)cc(CO)c3c4c(CO)cc(=O)c5c(NCCOC(=O)[N+]67CC[N+](C)(CC6)CC7)c(CCCOC(=O)[N+]67CC[N+](C)(CC6)CC7)c6c(c(c1C(C(C)=O)C(C)=C6)c23)c54. The number of likely N-dealkylation sites (N-methyl/N-ethyl adjacent to an activating group) is 2. The van der Waals surface area contributed by atoms with E-state index in [2.05, 4.69) is 19.4 Å². The number of hydrogen-bond acceptors (Lipinski definition) is 12. The van der Waals surface area contributed by atoms with Crippen LogP contribution in [0, 0.1) is 0 Å². The van der Waals surface area contributed by atoms with Gasteiger partial charge in [0, 0.05) is 28.6 Å². The summed E-state index contributed by atoms with van der Waals surface area (Å²) in [4.78, 5) is 70.5. The van der Waals surface area contributed by atoms with E-state index in [9.17, 15) is 39.3 Å². The molecule has 6 fully saturated rings. The molecule has 7 aliphatic rings. The van der Waals surface area contributed by atoms with Gasteiger partial charge in [-0.25, -0.2) is 8.97 Å². The van der Waals surface area contributed by atoms with Gasteiger partial charge in [0.15, 0.2) is 22.4 Å². The molecule has 2 amide bonds. The number of piperazine rings is 6. The second-order valence-corrected chi connectivity index (χ2v) is 20.4. The second-order valence-electron chi connectivity index (χ2n) is 20.4. The number of nitrogens with zero attached hydrogens (tertiary/aromatic N) is 4. The number of rotatable bonds is 12. The van der Waals surface area contributed by atoms with Gasteiger partial charge in [-0.15, -0.1) is 0 Å². The number of benzene rings is 5. The molecule has 0 saturated carbocycles. The Morgan fingerprint density at radius 3 is 1.70 bits per heavy atom. The fourth-order valence-corrected chi connectivity index (χ4v) is 12.4. The number of carbonyl (C=O) groups is 3. The van der Waals surface area contributed by atoms with Gasteiger partial charge >= 0.3 is 12.2 Å². The number of nitrogens with one attached hydrogen (secondary N) is 1. The molecule has 16 heteroatoms. The summed E-state index contributed by atoms with van der Waals surface area (Å²) in [6.45, 7) is 12.2. The number of phenols is 1. The van der Waals surface area contributed by atoms with E-state index in [1.807, 2.05) is 13.0 Å². The molecule has 66 heavy (non-hydrogen) atoms. The number of anilines is 1. The summed E-state index contributed by atoms with van der Waals surface area (Å²) < 4.78 is 20.6. The van der Waals surface area contributed by atoms with Gasteiger partial charge in [0.2, 0.25) is 0 Å². The van der Waals surface area contributed by atoms with Gasteiger partial charge in [-0.3, -0.25) is 14.4 Å². The van der Waals surface area contributed by atoms with E-state index in [0.29, 0.717) is 82.1 Å². The number of ether oxygens (including phenoxy) is 3. The van der Waals surface area contributed by atoms with Gasteiger partial charge < -0.3 is 43.8 Å². The molecular weight excluding hydrogens is 847 g/mol. The molecule has 0 radical (unpaired) electrons. The summed E-state index contributed by atoms with van der Waals surface area (Å²) in [6.07, 6.45) is 2.09. The molecule has 16 nitrogen and oxygen atoms in total. The number of fused-ring (bicyclic) bond motifs is 7. The normalized spacial score (nSPS) is 26.7. The smallest absolute Gasteiger partial charge is 0.504 e. The lowest BCUT2D eigenvalue weighted by Gasteiger charge is -2.51. The Kier molecular flexibility index (Phi) is 10.6. The van der Waals surface area contributed by atoms with Crippen molar-refractivity contribution in [1.29, 1.82) is 0 Å². The van der Waals surface area contributed by atoms with E-state index in [1.165, 1.54) is 26.2 Å². The van der Waals surface area contributed by atoms with Crippen molar-refractivity contribution < 1.29 is 61.8 Å². The Labute approximate surface area is 381 Å². The quantitative estimate of drug-likeness (QED) is 0.0614. The molecule has 348 valence electrons. The fraction of sp³-hybridized carbons (Fsp3) is 0.500. The van der Waals surface area contributed by atoms with E-state index in [4.69, 9.17) is 14.2 Å². The summed E-state index contributed by atoms with van der Waals surface area (Å²) >= 11 is 0. The van der Waals surface area contributed by atoms with Crippen molar-refractivity contribution in [3.8, 4) is 11.5 Å². The van der Waals surface area contributed by atoms with Gasteiger partial charge in [0.1, 0.15) is 90.9 Å². The largest absolute Gasteiger partial charge is 0.516 e. The standard InChI is InChI=1S/C50H59N5O11/c1-28-23-33-32(7-6-21-65-49(62)54-15-9-52(3,10-16-54)11-17-54)46(51-8-22-66-50(63)55-18-12-53(4,13-19-55)14-20-55)40-34(59)24-30(26-56)37-38-31(27-57)25-35(60)41-43(38)44(39(33)42(37)40)45(36(28)29(2)58)48(64-5)47(41)61/h23-25,36,56-57H,6-22,26-27H2,1-5H3/q+2/p+2. The molecule has 0 aromatic heterocycles. The minimum Gasteiger partial charge on any atom is -0.504 e. The van der Waals surface area contributed by atoms with E-state index in [0.717, 1.165) is 87.5 Å². The average Bonchev–Trinajstić information content (AvgIpc) is 3.44. The van der Waals surface area contributed by atoms with Gasteiger partial charge in [0.05, 0.1) is 57.7 Å². The number of quaternary nitrogens is 4. The first-order valence-electron chi connectivity index (χ1n) is 23.4. The van der Waals surface area contributed by atoms with Crippen molar-refractivity contribution in [2.45, 2.75) is 45.8 Å². The number of hydrogen-bond donors (Lipinski definition) is 4. The molecule has 6 aliphatic heterocycles. The number of carbonyl (C=O) groups excluding carboxylic acids is 3. The van der Waals surface area contributed by atoms with Crippen LogP contribution in [0.5, 0.6) is 11.5 Å². The Balaban J connectivity index is 1.17. The molecule has 1 aliphatic carbocycles. The van der Waals surface area contributed by atoms with Crippen LogP contribution >= 0.6 is 0 Å². The molecule has 1 atom stereocenters. The van der Waals surface area contributed by atoms with Crippen molar-refractivity contribution in [2.24, 2.45) is 0 Å². The van der Waals surface area contributed by atoms with Crippen LogP contribution in [0.25, 0.3) is 49.2 Å². The van der Waals surface area contributed by atoms with Crippen LogP contribution in [0.2, 0.25) is 0 Å². The highest BCUT2D eigenvalue weighted by Crippen LogP contribution is 2.56. The van der Waals surface area contributed by atoms with Crippen molar-refractivity contribution >= 4 is 72.8 Å². The number of amides is 2. The maximum absolute atomic E-state index is 14.9. The highest BCUT2D eigenvalue weighted by molar-refractivity contribution is 6.39. The Morgan fingerprint density at radius 1 is 0.697 bits per heavy atom. The van der Waals surface area contributed by atoms with E-state index >= 15 is 0 Å². The number of ketones is 1. The molecule has 4 N–H and O–H groups in total. The van der Waals surface area contributed by atoms with Gasteiger partial charge in [-0.1, -0.05) is 11.6 Å². The molecule has 12 rings (SSSR count). The van der Waals surface area contributed by atoms with Crippen molar-refractivity contribution in [1.82, 2.24) is 0 Å². The summed E-state index contributed by atoms with van der Waals surface area (Å²) in [5.74, 6) is -1.71. The maximum atomic E-state index is 14.9. The average molecular weight is 908 g/mol. The van der Waals surface area contributed by atoms with Crippen molar-refractivity contribution in [3.63, 3.8) is 0 Å². The van der Waals surface area contributed by atoms with Crippen LogP contribution in [-0.2, 0) is 33.9 Å². The summed E-state index contributed by atoms with van der Waals surface area (Å²) in [7, 11) is 5.83. The van der Waals surface area contributed by atoms with Crippen LogP contribution in [0.15, 0.2) is 27.3 Å². The highest BCUT2D eigenvalue weighted by atomic mass is 16.6. The predicted molar refractivity (Wildman–Crippen MR) is 249 cm³/mol. The summed E-state index contributed by atoms with van der Waals surface area (Å²) in [6, 6.07) is 2.63. The molecule has 6 heterocycles. The molecule has 4 bridgehead atoms. The van der Waals surface area contributed by atoms with Crippen LogP contribution in [-0.4, -0.2) is 171 Å². The first-order chi connectivity index (χ1) is 31.5. The van der Waals surface area contributed by atoms with E-state index in [1.54, 1.807) is 0 Å². The first-order valence-corrected chi connectivity index (χ1v) is 23.4. The lowest BCUT2D eigenvalue weighted by molar-refractivity contribution is -1.04. The molecule has 6 saturated heterocycles. The zero-order valence-corrected chi connectivity index (χ0v) is 38.6. The molecule has 0 spiro atoms. The third kappa shape index (κ3) is 6.50. The Hall–Kier alpha value is -5.49. The fourth-order valence-electron chi connectivity index (χ4n) is 12.4. The third-order valence-corrected chi connectivity index (χ3v) is 16.5. The first kappa shape index (κ1) is 44.4. The Bertz CT molecular complexity index is 3010. The lowest BCUT2D eigenvalue weighted by Crippen LogP contribution is -2.75.